The van der Waals surface area contributed by atoms with Crippen LogP contribution in [0.3, 0.4) is 0 Å². The molecule has 2 N–H and O–H groups in total. The number of nitrogens with zero attached hydrogens (tertiary/aromatic N) is 1. The fourth-order valence-corrected chi connectivity index (χ4v) is 1.87. The largest absolute Gasteiger partial charge is 0.370 e. The van der Waals surface area contributed by atoms with Crippen LogP contribution in [0.15, 0.2) is 36.4 Å². The molecule has 110 valence electrons. The monoisotopic (exact) mass is 307 g/mol. The topological polar surface area (TPSA) is 54.0 Å². The quantitative estimate of drug-likeness (QED) is 0.879. The van der Waals surface area contributed by atoms with Crippen LogP contribution < -0.4 is 10.6 Å². The zero-order valence-corrected chi connectivity index (χ0v) is 12.2. The highest BCUT2D eigenvalue weighted by atomic mass is 35.5. The smallest absolute Gasteiger partial charge is 0.274 e. The number of halogens is 2. The van der Waals surface area contributed by atoms with Gasteiger partial charge >= 0.3 is 0 Å². The number of nitrogens with one attached hydrogen (secondary N) is 2. The maximum Gasteiger partial charge on any atom is 0.274 e. The van der Waals surface area contributed by atoms with Gasteiger partial charge in [0.25, 0.3) is 5.91 Å². The van der Waals surface area contributed by atoms with Gasteiger partial charge < -0.3 is 10.6 Å². The van der Waals surface area contributed by atoms with Crippen LogP contribution >= 0.6 is 11.6 Å². The van der Waals surface area contributed by atoms with Gasteiger partial charge in [-0.05, 0) is 30.7 Å². The molecule has 2 aromatic rings. The fourth-order valence-electron chi connectivity index (χ4n) is 1.70. The third-order valence-corrected chi connectivity index (χ3v) is 3.03. The lowest BCUT2D eigenvalue weighted by Crippen LogP contribution is -2.15. The number of aromatic nitrogens is 1. The van der Waals surface area contributed by atoms with E-state index in [0.29, 0.717) is 5.82 Å². The van der Waals surface area contributed by atoms with Crippen LogP contribution in [0.2, 0.25) is 5.02 Å². The van der Waals surface area contributed by atoms with E-state index in [1.54, 1.807) is 24.3 Å². The summed E-state index contributed by atoms with van der Waals surface area (Å²) < 4.78 is 13.7. The highest BCUT2D eigenvalue weighted by molar-refractivity contribution is 6.31. The molecule has 0 saturated carbocycles. The average Bonchev–Trinajstić information content (AvgIpc) is 2.50. The lowest BCUT2D eigenvalue weighted by Gasteiger charge is -2.08. The molecular formula is C15H15ClFN3O. The summed E-state index contributed by atoms with van der Waals surface area (Å²) in [6.07, 6.45) is 0.950. The summed E-state index contributed by atoms with van der Waals surface area (Å²) in [7, 11) is 0. The van der Waals surface area contributed by atoms with Gasteiger partial charge in [0.2, 0.25) is 0 Å². The first kappa shape index (κ1) is 15.3. The molecule has 0 aliphatic carbocycles. The van der Waals surface area contributed by atoms with Gasteiger partial charge in [-0.1, -0.05) is 30.7 Å². The molecule has 21 heavy (non-hydrogen) atoms. The van der Waals surface area contributed by atoms with Crippen molar-refractivity contribution in [3.05, 3.63) is 52.9 Å². The Morgan fingerprint density at radius 3 is 2.81 bits per heavy atom. The Balaban J connectivity index is 2.15. The Kier molecular flexibility index (Phi) is 5.11. The normalized spacial score (nSPS) is 10.2. The van der Waals surface area contributed by atoms with Gasteiger partial charge in [0.15, 0.2) is 5.82 Å². The second-order valence-corrected chi connectivity index (χ2v) is 4.80. The molecule has 1 aromatic carbocycles. The van der Waals surface area contributed by atoms with Crippen molar-refractivity contribution in [2.75, 3.05) is 17.2 Å². The Morgan fingerprint density at radius 2 is 2.05 bits per heavy atom. The molecule has 0 spiro atoms. The molecular weight excluding hydrogens is 293 g/mol. The summed E-state index contributed by atoms with van der Waals surface area (Å²) in [6.45, 7) is 2.80. The number of carbonyl (C=O) groups is 1. The Bertz CT molecular complexity index is 649. The van der Waals surface area contributed by atoms with Gasteiger partial charge in [0.05, 0.1) is 10.7 Å². The predicted molar refractivity (Wildman–Crippen MR) is 82.4 cm³/mol. The lowest BCUT2D eigenvalue weighted by molar-refractivity contribution is 0.102. The maximum atomic E-state index is 13.7. The second kappa shape index (κ2) is 7.04. The molecule has 4 nitrogen and oxygen atoms in total. The summed E-state index contributed by atoms with van der Waals surface area (Å²) in [6, 6.07) is 9.47. The maximum absolute atomic E-state index is 13.7. The fraction of sp³-hybridized carbons (Fsp3) is 0.200. The van der Waals surface area contributed by atoms with Gasteiger partial charge in [-0.25, -0.2) is 9.37 Å². The average molecular weight is 308 g/mol. The van der Waals surface area contributed by atoms with Crippen molar-refractivity contribution in [3.8, 4) is 0 Å². The van der Waals surface area contributed by atoms with Crippen LogP contribution in [0.4, 0.5) is 15.9 Å². The lowest BCUT2D eigenvalue weighted by atomic mass is 10.2. The Morgan fingerprint density at radius 1 is 1.29 bits per heavy atom. The summed E-state index contributed by atoms with van der Waals surface area (Å²) in [5.74, 6) is -0.542. The van der Waals surface area contributed by atoms with Crippen LogP contribution in [-0.4, -0.2) is 17.4 Å². The first-order chi connectivity index (χ1) is 10.1. The van der Waals surface area contributed by atoms with Crippen LogP contribution in [0.25, 0.3) is 0 Å². The first-order valence-electron chi connectivity index (χ1n) is 6.58. The molecule has 0 bridgehead atoms. The van der Waals surface area contributed by atoms with Crippen molar-refractivity contribution >= 4 is 29.0 Å². The minimum Gasteiger partial charge on any atom is -0.370 e. The highest BCUT2D eigenvalue weighted by Crippen LogP contribution is 2.22. The van der Waals surface area contributed by atoms with Gasteiger partial charge in [-0.15, -0.1) is 0 Å². The zero-order chi connectivity index (χ0) is 15.2. The van der Waals surface area contributed by atoms with E-state index >= 15 is 0 Å². The van der Waals surface area contributed by atoms with E-state index < -0.39 is 11.7 Å². The van der Waals surface area contributed by atoms with Crippen molar-refractivity contribution in [2.24, 2.45) is 0 Å². The Labute approximate surface area is 127 Å². The van der Waals surface area contributed by atoms with E-state index in [1.165, 1.54) is 12.1 Å². The zero-order valence-electron chi connectivity index (χ0n) is 11.5. The van der Waals surface area contributed by atoms with Crippen molar-refractivity contribution in [3.63, 3.8) is 0 Å². The van der Waals surface area contributed by atoms with Crippen LogP contribution in [0, 0.1) is 5.82 Å². The number of amides is 1. The molecule has 1 amide bonds. The minimum absolute atomic E-state index is 0.0289. The standard InChI is InChI=1S/C15H15ClFN3O/c1-2-9-18-13-8-4-7-12(19-13)15(21)20-11-6-3-5-10(16)14(11)17/h3-8H,2,9H2,1H3,(H,18,19)(H,20,21). The number of anilines is 2. The molecule has 0 atom stereocenters. The molecule has 6 heteroatoms. The molecule has 0 saturated heterocycles. The second-order valence-electron chi connectivity index (χ2n) is 4.39. The number of pyridine rings is 1. The molecule has 0 aliphatic rings. The summed E-state index contributed by atoms with van der Waals surface area (Å²) in [5, 5.41) is 5.51. The molecule has 1 heterocycles. The van der Waals surface area contributed by atoms with Crippen molar-refractivity contribution < 1.29 is 9.18 Å². The van der Waals surface area contributed by atoms with Gasteiger partial charge in [0, 0.05) is 6.54 Å². The van der Waals surface area contributed by atoms with E-state index in [0.717, 1.165) is 13.0 Å². The van der Waals surface area contributed by atoms with Crippen molar-refractivity contribution in [2.45, 2.75) is 13.3 Å². The van der Waals surface area contributed by atoms with Crippen LogP contribution in [0.1, 0.15) is 23.8 Å². The third-order valence-electron chi connectivity index (χ3n) is 2.74. The van der Waals surface area contributed by atoms with E-state index in [4.69, 9.17) is 11.6 Å². The summed E-state index contributed by atoms with van der Waals surface area (Å²) in [4.78, 5) is 16.3. The van der Waals surface area contributed by atoms with Gasteiger partial charge in [-0.3, -0.25) is 4.79 Å². The van der Waals surface area contributed by atoms with Gasteiger partial charge in [-0.2, -0.15) is 0 Å². The van der Waals surface area contributed by atoms with Crippen LogP contribution in [-0.2, 0) is 0 Å². The first-order valence-corrected chi connectivity index (χ1v) is 6.96. The Hall–Kier alpha value is -2.14. The molecule has 0 fully saturated rings. The number of hydrogen-bond acceptors (Lipinski definition) is 3. The minimum atomic E-state index is -0.659. The molecule has 2 rings (SSSR count). The molecule has 1 aromatic heterocycles. The van der Waals surface area contributed by atoms with E-state index in [9.17, 15) is 9.18 Å². The van der Waals surface area contributed by atoms with E-state index in [2.05, 4.69) is 15.6 Å². The molecule has 0 aliphatic heterocycles. The van der Waals surface area contributed by atoms with Crippen molar-refractivity contribution in [1.29, 1.82) is 0 Å². The SMILES string of the molecule is CCCNc1cccc(C(=O)Nc2cccc(Cl)c2F)n1. The predicted octanol–water partition coefficient (Wildman–Crippen LogP) is 3.95. The van der Waals surface area contributed by atoms with Crippen molar-refractivity contribution in [1.82, 2.24) is 4.98 Å². The number of rotatable bonds is 5. The van der Waals surface area contributed by atoms with Crippen LogP contribution in [0.5, 0.6) is 0 Å². The molecule has 0 unspecified atom stereocenters. The van der Waals surface area contributed by atoms with E-state index in [-0.39, 0.29) is 16.4 Å². The summed E-state index contributed by atoms with van der Waals surface area (Å²) in [5.41, 5.74) is 0.233. The van der Waals surface area contributed by atoms with E-state index in [1.807, 2.05) is 6.92 Å². The molecule has 0 radical (unpaired) electrons. The number of benzene rings is 1. The summed E-state index contributed by atoms with van der Waals surface area (Å²) >= 11 is 5.67. The third kappa shape index (κ3) is 3.92. The van der Waals surface area contributed by atoms with Gasteiger partial charge in [0.1, 0.15) is 11.5 Å². The number of hydrogen-bond donors (Lipinski definition) is 2. The number of carbonyl (C=O) groups excluding carboxylic acids is 1. The highest BCUT2D eigenvalue weighted by Gasteiger charge is 2.12.